The zero-order chi connectivity index (χ0) is 14.8. The Morgan fingerprint density at radius 3 is 2.50 bits per heavy atom. The number of rotatable bonds is 6. The summed E-state index contributed by atoms with van der Waals surface area (Å²) < 4.78 is 19.5. The van der Waals surface area contributed by atoms with Crippen molar-refractivity contribution in [3.63, 3.8) is 0 Å². The minimum atomic E-state index is -0.391. The predicted octanol–water partition coefficient (Wildman–Crippen LogP) is 1.96. The second kappa shape index (κ2) is 5.88. The molecule has 0 bridgehead atoms. The quantitative estimate of drug-likeness (QED) is 0.590. The minimum Gasteiger partial charge on any atom is -0.398 e. The molecule has 20 heavy (non-hydrogen) atoms. The van der Waals surface area contributed by atoms with Crippen molar-refractivity contribution in [2.75, 3.05) is 6.61 Å². The Morgan fingerprint density at radius 2 is 1.90 bits per heavy atom. The summed E-state index contributed by atoms with van der Waals surface area (Å²) >= 11 is 0. The third-order valence-electron chi connectivity index (χ3n) is 4.10. The molecule has 1 aliphatic rings. The van der Waals surface area contributed by atoms with Crippen LogP contribution in [0.4, 0.5) is 0 Å². The maximum Gasteiger partial charge on any atom is 0.514 e. The molecule has 2 rings (SSSR count). The smallest absolute Gasteiger partial charge is 0.398 e. The van der Waals surface area contributed by atoms with E-state index in [1.807, 2.05) is 33.8 Å². The molecule has 1 aromatic heterocycles. The summed E-state index contributed by atoms with van der Waals surface area (Å²) in [7, 11) is -0.391. The Hall–Kier alpha value is -0.845. The molecule has 2 heterocycles. The van der Waals surface area contributed by atoms with Crippen molar-refractivity contribution in [3.05, 3.63) is 12.3 Å². The van der Waals surface area contributed by atoms with Gasteiger partial charge < -0.3 is 14.0 Å². The van der Waals surface area contributed by atoms with E-state index in [0.717, 1.165) is 25.0 Å². The van der Waals surface area contributed by atoms with E-state index in [1.54, 1.807) is 10.9 Å². The van der Waals surface area contributed by atoms with Crippen molar-refractivity contribution in [1.82, 2.24) is 9.78 Å². The molecule has 0 saturated carbocycles. The average molecular weight is 280 g/mol. The lowest BCUT2D eigenvalue weighted by Crippen LogP contribution is -2.41. The number of ether oxygens (including phenoxy) is 1. The van der Waals surface area contributed by atoms with Crippen molar-refractivity contribution in [3.8, 4) is 0 Å². The van der Waals surface area contributed by atoms with Gasteiger partial charge in [0.25, 0.3) is 0 Å². The van der Waals surface area contributed by atoms with Crippen LogP contribution in [0.5, 0.6) is 0 Å². The third-order valence-corrected chi connectivity index (χ3v) is 4.10. The molecule has 1 fully saturated rings. The van der Waals surface area contributed by atoms with Gasteiger partial charge in [-0.2, -0.15) is 5.10 Å². The van der Waals surface area contributed by atoms with Crippen molar-refractivity contribution in [2.24, 2.45) is 0 Å². The van der Waals surface area contributed by atoms with Crippen LogP contribution in [0.15, 0.2) is 12.3 Å². The standard InChI is InChI=1S/C14H25BN2O3/c1-6-7-10-18-11-17-12(8-9-16-17)15-19-13(2,3)14(4,5)20-15/h8-9H,6-7,10-11H2,1-5H3. The van der Waals surface area contributed by atoms with Crippen LogP contribution < -0.4 is 5.59 Å². The molecule has 5 nitrogen and oxygen atoms in total. The van der Waals surface area contributed by atoms with Gasteiger partial charge in [0.15, 0.2) is 0 Å². The van der Waals surface area contributed by atoms with E-state index >= 15 is 0 Å². The average Bonchev–Trinajstić information content (AvgIpc) is 2.88. The lowest BCUT2D eigenvalue weighted by atomic mass is 9.85. The van der Waals surface area contributed by atoms with Crippen LogP contribution >= 0.6 is 0 Å². The summed E-state index contributed by atoms with van der Waals surface area (Å²) in [4.78, 5) is 0. The maximum absolute atomic E-state index is 6.04. The van der Waals surface area contributed by atoms with Gasteiger partial charge in [-0.3, -0.25) is 0 Å². The molecule has 112 valence electrons. The minimum absolute atomic E-state index is 0.337. The molecular weight excluding hydrogens is 255 g/mol. The van der Waals surface area contributed by atoms with E-state index in [-0.39, 0.29) is 11.2 Å². The highest BCUT2D eigenvalue weighted by Crippen LogP contribution is 2.36. The number of nitrogens with zero attached hydrogens (tertiary/aromatic N) is 2. The zero-order valence-electron chi connectivity index (χ0n) is 13.2. The van der Waals surface area contributed by atoms with Crippen molar-refractivity contribution in [1.29, 1.82) is 0 Å². The van der Waals surface area contributed by atoms with Crippen LogP contribution in [0.25, 0.3) is 0 Å². The first kappa shape index (κ1) is 15.5. The van der Waals surface area contributed by atoms with Crippen LogP contribution in [0, 0.1) is 0 Å². The van der Waals surface area contributed by atoms with Crippen LogP contribution in [0.1, 0.15) is 47.5 Å². The van der Waals surface area contributed by atoms with Gasteiger partial charge in [-0.1, -0.05) is 13.3 Å². The normalized spacial score (nSPS) is 20.6. The van der Waals surface area contributed by atoms with Gasteiger partial charge in [0.1, 0.15) is 6.73 Å². The van der Waals surface area contributed by atoms with Crippen molar-refractivity contribution < 1.29 is 14.0 Å². The van der Waals surface area contributed by atoms with Gasteiger partial charge in [0.2, 0.25) is 0 Å². The highest BCUT2D eigenvalue weighted by atomic mass is 16.7. The summed E-state index contributed by atoms with van der Waals surface area (Å²) in [5.74, 6) is 0. The molecule has 1 aromatic rings. The molecule has 0 unspecified atom stereocenters. The lowest BCUT2D eigenvalue weighted by Gasteiger charge is -2.32. The molecule has 0 N–H and O–H groups in total. The van der Waals surface area contributed by atoms with Crippen LogP contribution in [0.3, 0.4) is 0 Å². The summed E-state index contributed by atoms with van der Waals surface area (Å²) in [5.41, 5.74) is 0.228. The van der Waals surface area contributed by atoms with Gasteiger partial charge in [-0.05, 0) is 40.2 Å². The molecule has 6 heteroatoms. The highest BCUT2D eigenvalue weighted by Gasteiger charge is 2.52. The molecule has 0 aromatic carbocycles. The van der Waals surface area contributed by atoms with E-state index < -0.39 is 7.12 Å². The summed E-state index contributed by atoms with van der Waals surface area (Å²) in [6, 6.07) is 1.92. The van der Waals surface area contributed by atoms with Gasteiger partial charge >= 0.3 is 7.12 Å². The molecule has 1 aliphatic heterocycles. The van der Waals surface area contributed by atoms with Crippen molar-refractivity contribution in [2.45, 2.75) is 65.4 Å². The van der Waals surface area contributed by atoms with E-state index in [0.29, 0.717) is 6.73 Å². The van der Waals surface area contributed by atoms with E-state index in [1.165, 1.54) is 0 Å². The van der Waals surface area contributed by atoms with Gasteiger partial charge in [0.05, 0.1) is 16.8 Å². The van der Waals surface area contributed by atoms with E-state index in [4.69, 9.17) is 14.0 Å². The van der Waals surface area contributed by atoms with Gasteiger partial charge in [0, 0.05) is 12.8 Å². The zero-order valence-corrected chi connectivity index (χ0v) is 13.2. The molecule has 0 aliphatic carbocycles. The summed E-state index contributed by atoms with van der Waals surface area (Å²) in [5, 5.41) is 4.29. The monoisotopic (exact) mass is 280 g/mol. The molecule has 0 radical (unpaired) electrons. The Morgan fingerprint density at radius 1 is 1.25 bits per heavy atom. The second-order valence-electron chi connectivity index (χ2n) is 6.23. The Kier molecular flexibility index (Phi) is 4.57. The van der Waals surface area contributed by atoms with E-state index in [9.17, 15) is 0 Å². The molecule has 0 amide bonds. The first-order chi connectivity index (χ1) is 9.37. The highest BCUT2D eigenvalue weighted by molar-refractivity contribution is 6.61. The number of hydrogen-bond acceptors (Lipinski definition) is 4. The largest absolute Gasteiger partial charge is 0.514 e. The molecule has 0 atom stereocenters. The van der Waals surface area contributed by atoms with Gasteiger partial charge in [-0.15, -0.1) is 0 Å². The molecule has 0 spiro atoms. The predicted molar refractivity (Wildman–Crippen MR) is 78.8 cm³/mol. The fourth-order valence-electron chi connectivity index (χ4n) is 2.01. The fourth-order valence-corrected chi connectivity index (χ4v) is 2.01. The Balaban J connectivity index is 2.02. The second-order valence-corrected chi connectivity index (χ2v) is 6.23. The van der Waals surface area contributed by atoms with Crippen LogP contribution in [-0.4, -0.2) is 34.7 Å². The Labute approximate surface area is 121 Å². The SMILES string of the molecule is CCCCOCn1nccc1B1OC(C)(C)C(C)(C)O1. The molecular formula is C14H25BN2O3. The van der Waals surface area contributed by atoms with Crippen LogP contribution in [-0.2, 0) is 20.8 Å². The van der Waals surface area contributed by atoms with Gasteiger partial charge in [-0.25, -0.2) is 4.68 Å². The first-order valence-corrected chi connectivity index (χ1v) is 7.32. The lowest BCUT2D eigenvalue weighted by molar-refractivity contribution is 0.00578. The topological polar surface area (TPSA) is 45.5 Å². The number of unbranched alkanes of at least 4 members (excludes halogenated alkanes) is 1. The summed E-state index contributed by atoms with van der Waals surface area (Å²) in [6.45, 7) is 11.5. The number of hydrogen-bond donors (Lipinski definition) is 0. The third kappa shape index (κ3) is 3.08. The van der Waals surface area contributed by atoms with E-state index in [2.05, 4.69) is 12.0 Å². The Bertz CT molecular complexity index is 429. The number of aromatic nitrogens is 2. The first-order valence-electron chi connectivity index (χ1n) is 7.32. The van der Waals surface area contributed by atoms with Crippen molar-refractivity contribution >= 4 is 12.7 Å². The van der Waals surface area contributed by atoms with Crippen LogP contribution in [0.2, 0.25) is 0 Å². The fraction of sp³-hybridized carbons (Fsp3) is 0.786. The molecule has 1 saturated heterocycles. The maximum atomic E-state index is 6.04. The summed E-state index contributed by atoms with van der Waals surface area (Å²) in [6.07, 6.45) is 3.94.